The molecule has 0 spiro atoms. The van der Waals surface area contributed by atoms with Crippen LogP contribution in [0.4, 0.5) is 0 Å². The molecule has 4 heteroatoms. The monoisotopic (exact) mass is 304 g/mol. The molecule has 4 nitrogen and oxygen atoms in total. The summed E-state index contributed by atoms with van der Waals surface area (Å²) in [6.07, 6.45) is 3.10. The van der Waals surface area contributed by atoms with Crippen LogP contribution < -0.4 is 10.1 Å². The Balaban J connectivity index is 1.86. The number of carbonyl (C=O) groups excluding carboxylic acids is 1. The molecule has 0 bridgehead atoms. The first-order valence-electron chi connectivity index (χ1n) is 8.29. The van der Waals surface area contributed by atoms with Gasteiger partial charge < -0.3 is 15.0 Å². The Morgan fingerprint density at radius 1 is 1.27 bits per heavy atom. The van der Waals surface area contributed by atoms with E-state index in [2.05, 4.69) is 19.2 Å². The number of nitrogens with zero attached hydrogens (tertiary/aromatic N) is 1. The third-order valence-electron chi connectivity index (χ3n) is 4.26. The molecule has 0 atom stereocenters. The lowest BCUT2D eigenvalue weighted by Gasteiger charge is -2.31. The SMILES string of the molecule is CNC1CCN(C(=O)c2ccc(OCCC(C)C)cc2)CC1. The Morgan fingerprint density at radius 2 is 1.91 bits per heavy atom. The predicted molar refractivity (Wildman–Crippen MR) is 89.4 cm³/mol. The number of piperidine rings is 1. The van der Waals surface area contributed by atoms with Gasteiger partial charge in [0.2, 0.25) is 0 Å². The molecule has 1 saturated heterocycles. The van der Waals surface area contributed by atoms with Crippen LogP contribution in [0.1, 0.15) is 43.5 Å². The molecule has 1 aliphatic rings. The maximum Gasteiger partial charge on any atom is 0.253 e. The molecule has 1 fully saturated rings. The molecule has 0 saturated carbocycles. The highest BCUT2D eigenvalue weighted by Crippen LogP contribution is 2.17. The van der Waals surface area contributed by atoms with Crippen LogP contribution in [0, 0.1) is 5.92 Å². The van der Waals surface area contributed by atoms with Gasteiger partial charge in [-0.05, 0) is 56.5 Å². The van der Waals surface area contributed by atoms with Gasteiger partial charge in [-0.3, -0.25) is 4.79 Å². The van der Waals surface area contributed by atoms with Gasteiger partial charge in [0.05, 0.1) is 6.61 Å². The first-order chi connectivity index (χ1) is 10.6. The van der Waals surface area contributed by atoms with Gasteiger partial charge in [0.25, 0.3) is 5.91 Å². The summed E-state index contributed by atoms with van der Waals surface area (Å²) in [6.45, 7) is 6.75. The molecule has 2 rings (SSSR count). The topological polar surface area (TPSA) is 41.6 Å². The zero-order valence-corrected chi connectivity index (χ0v) is 14.0. The van der Waals surface area contributed by atoms with E-state index in [-0.39, 0.29) is 5.91 Å². The summed E-state index contributed by atoms with van der Waals surface area (Å²) in [5.74, 6) is 1.61. The number of likely N-dealkylation sites (tertiary alicyclic amines) is 1. The average Bonchev–Trinajstić information content (AvgIpc) is 2.54. The number of amides is 1. The van der Waals surface area contributed by atoms with Gasteiger partial charge in [-0.2, -0.15) is 0 Å². The van der Waals surface area contributed by atoms with E-state index in [1.165, 1.54) is 0 Å². The van der Waals surface area contributed by atoms with E-state index < -0.39 is 0 Å². The third kappa shape index (κ3) is 4.73. The van der Waals surface area contributed by atoms with Crippen LogP contribution in [0.25, 0.3) is 0 Å². The van der Waals surface area contributed by atoms with E-state index in [0.717, 1.165) is 50.3 Å². The highest BCUT2D eigenvalue weighted by atomic mass is 16.5. The minimum absolute atomic E-state index is 0.128. The fraction of sp³-hybridized carbons (Fsp3) is 0.611. The van der Waals surface area contributed by atoms with Crippen LogP contribution in [-0.2, 0) is 0 Å². The number of carbonyl (C=O) groups is 1. The normalized spacial score (nSPS) is 16.1. The Bertz CT molecular complexity index is 462. The van der Waals surface area contributed by atoms with Gasteiger partial charge in [0.1, 0.15) is 5.75 Å². The maximum absolute atomic E-state index is 12.5. The summed E-state index contributed by atoms with van der Waals surface area (Å²) < 4.78 is 5.69. The first kappa shape index (κ1) is 16.8. The van der Waals surface area contributed by atoms with Crippen molar-refractivity contribution in [1.82, 2.24) is 10.2 Å². The zero-order chi connectivity index (χ0) is 15.9. The quantitative estimate of drug-likeness (QED) is 0.878. The number of ether oxygens (including phenoxy) is 1. The van der Waals surface area contributed by atoms with Crippen molar-refractivity contribution < 1.29 is 9.53 Å². The molecule has 0 unspecified atom stereocenters. The van der Waals surface area contributed by atoms with Gasteiger partial charge in [-0.15, -0.1) is 0 Å². The van der Waals surface area contributed by atoms with Gasteiger partial charge in [0.15, 0.2) is 0 Å². The van der Waals surface area contributed by atoms with Crippen molar-refractivity contribution in [2.45, 2.75) is 39.2 Å². The van der Waals surface area contributed by atoms with Crippen LogP contribution in [0.5, 0.6) is 5.75 Å². The zero-order valence-electron chi connectivity index (χ0n) is 14.0. The van der Waals surface area contributed by atoms with Crippen molar-refractivity contribution in [2.24, 2.45) is 5.92 Å². The summed E-state index contributed by atoms with van der Waals surface area (Å²) in [5, 5.41) is 3.28. The number of hydrogen-bond acceptors (Lipinski definition) is 3. The van der Waals surface area contributed by atoms with E-state index in [1.807, 2.05) is 36.2 Å². The standard InChI is InChI=1S/C18H28N2O2/c1-14(2)10-13-22-17-6-4-15(5-7-17)18(21)20-11-8-16(19-3)9-12-20/h4-7,14,16,19H,8-13H2,1-3H3. The lowest BCUT2D eigenvalue weighted by Crippen LogP contribution is -2.43. The Kier molecular flexibility index (Phi) is 6.25. The predicted octanol–water partition coefficient (Wildman–Crippen LogP) is 2.94. The highest BCUT2D eigenvalue weighted by Gasteiger charge is 2.22. The van der Waals surface area contributed by atoms with Crippen LogP contribution in [0.3, 0.4) is 0 Å². The number of nitrogens with one attached hydrogen (secondary N) is 1. The molecular weight excluding hydrogens is 276 g/mol. The van der Waals surface area contributed by atoms with Gasteiger partial charge in [0, 0.05) is 24.7 Å². The second kappa shape index (κ2) is 8.18. The second-order valence-corrected chi connectivity index (χ2v) is 6.41. The minimum atomic E-state index is 0.128. The summed E-state index contributed by atoms with van der Waals surface area (Å²) in [5.41, 5.74) is 0.749. The molecule has 1 aromatic carbocycles. The van der Waals surface area contributed by atoms with E-state index >= 15 is 0 Å². The lowest BCUT2D eigenvalue weighted by atomic mass is 10.0. The smallest absolute Gasteiger partial charge is 0.253 e. The summed E-state index contributed by atoms with van der Waals surface area (Å²) in [4.78, 5) is 14.4. The first-order valence-corrected chi connectivity index (χ1v) is 8.29. The van der Waals surface area contributed by atoms with E-state index in [4.69, 9.17) is 4.74 Å². The Labute approximate surface area is 133 Å². The Hall–Kier alpha value is -1.55. The largest absolute Gasteiger partial charge is 0.494 e. The number of hydrogen-bond donors (Lipinski definition) is 1. The number of rotatable bonds is 6. The van der Waals surface area contributed by atoms with Crippen molar-refractivity contribution in [3.8, 4) is 5.75 Å². The average molecular weight is 304 g/mol. The molecule has 0 radical (unpaired) electrons. The van der Waals surface area contributed by atoms with Crippen molar-refractivity contribution in [3.63, 3.8) is 0 Å². The summed E-state index contributed by atoms with van der Waals surface area (Å²) in [7, 11) is 1.99. The third-order valence-corrected chi connectivity index (χ3v) is 4.26. The fourth-order valence-electron chi connectivity index (χ4n) is 2.66. The number of benzene rings is 1. The van der Waals surface area contributed by atoms with E-state index in [1.54, 1.807) is 0 Å². The van der Waals surface area contributed by atoms with E-state index in [0.29, 0.717) is 12.0 Å². The van der Waals surface area contributed by atoms with Crippen molar-refractivity contribution in [1.29, 1.82) is 0 Å². The summed E-state index contributed by atoms with van der Waals surface area (Å²) in [6, 6.07) is 8.08. The maximum atomic E-state index is 12.5. The van der Waals surface area contributed by atoms with Crippen molar-refractivity contribution >= 4 is 5.91 Å². The van der Waals surface area contributed by atoms with Crippen LogP contribution in [-0.4, -0.2) is 43.6 Å². The van der Waals surface area contributed by atoms with Crippen molar-refractivity contribution in [2.75, 3.05) is 26.7 Å². The molecule has 1 aromatic rings. The van der Waals surface area contributed by atoms with Crippen molar-refractivity contribution in [3.05, 3.63) is 29.8 Å². The van der Waals surface area contributed by atoms with Gasteiger partial charge in [-0.1, -0.05) is 13.8 Å². The van der Waals surface area contributed by atoms with E-state index in [9.17, 15) is 4.79 Å². The van der Waals surface area contributed by atoms with Crippen LogP contribution in [0.2, 0.25) is 0 Å². The summed E-state index contributed by atoms with van der Waals surface area (Å²) >= 11 is 0. The molecular formula is C18H28N2O2. The lowest BCUT2D eigenvalue weighted by molar-refractivity contribution is 0.0707. The van der Waals surface area contributed by atoms with Crippen LogP contribution in [0.15, 0.2) is 24.3 Å². The second-order valence-electron chi connectivity index (χ2n) is 6.41. The molecule has 0 aromatic heterocycles. The van der Waals surface area contributed by atoms with Gasteiger partial charge in [-0.25, -0.2) is 0 Å². The molecule has 1 heterocycles. The minimum Gasteiger partial charge on any atom is -0.494 e. The molecule has 22 heavy (non-hydrogen) atoms. The highest BCUT2D eigenvalue weighted by molar-refractivity contribution is 5.94. The molecule has 0 aliphatic carbocycles. The van der Waals surface area contributed by atoms with Gasteiger partial charge >= 0.3 is 0 Å². The molecule has 1 aliphatic heterocycles. The Morgan fingerprint density at radius 3 is 2.45 bits per heavy atom. The molecule has 1 amide bonds. The molecule has 1 N–H and O–H groups in total. The van der Waals surface area contributed by atoms with Crippen LogP contribution >= 0.6 is 0 Å². The molecule has 122 valence electrons. The fourth-order valence-corrected chi connectivity index (χ4v) is 2.66.